The van der Waals surface area contributed by atoms with Gasteiger partial charge in [0.05, 0.1) is 30.4 Å². The number of carbonyl (C=O) groups is 3. The van der Waals surface area contributed by atoms with Gasteiger partial charge in [0, 0.05) is 31.6 Å². The van der Waals surface area contributed by atoms with Crippen LogP contribution in [0.3, 0.4) is 0 Å². The minimum absolute atomic E-state index is 0.131. The van der Waals surface area contributed by atoms with Crippen LogP contribution in [0.5, 0.6) is 5.75 Å². The number of fused-ring (bicyclic) bond motifs is 1. The van der Waals surface area contributed by atoms with Gasteiger partial charge in [0.25, 0.3) is 5.91 Å². The summed E-state index contributed by atoms with van der Waals surface area (Å²) in [5, 5.41) is 19.1. The lowest BCUT2D eigenvalue weighted by Crippen LogP contribution is -2.52. The lowest BCUT2D eigenvalue weighted by molar-refractivity contribution is 0.0368. The van der Waals surface area contributed by atoms with Crippen LogP contribution < -0.4 is 20.7 Å². The van der Waals surface area contributed by atoms with Crippen molar-refractivity contribution >= 4 is 23.7 Å². The van der Waals surface area contributed by atoms with Crippen molar-refractivity contribution in [1.29, 1.82) is 0 Å². The number of para-hydroxylation sites is 1. The molecule has 1 aromatic rings. The van der Waals surface area contributed by atoms with Crippen LogP contribution in [0.4, 0.5) is 15.3 Å². The van der Waals surface area contributed by atoms with E-state index in [-0.39, 0.29) is 42.6 Å². The molecule has 3 aliphatic rings. The Bertz CT molecular complexity index is 1020. The number of carbonyl (C=O) groups excluding carboxylic acids is 3. The molecule has 0 saturated heterocycles. The highest BCUT2D eigenvalue weighted by Crippen LogP contribution is 2.35. The summed E-state index contributed by atoms with van der Waals surface area (Å²) in [6.45, 7) is 4.29. The highest BCUT2D eigenvalue weighted by atomic mass is 16.5. The van der Waals surface area contributed by atoms with Crippen molar-refractivity contribution in [2.24, 2.45) is 5.92 Å². The number of amides is 5. The number of urea groups is 2. The molecule has 4 N–H and O–H groups in total. The number of hydrogen-bond acceptors (Lipinski definition) is 5. The molecule has 3 atom stereocenters. The van der Waals surface area contributed by atoms with Gasteiger partial charge >= 0.3 is 12.1 Å². The molecule has 4 rings (SSSR count). The van der Waals surface area contributed by atoms with Gasteiger partial charge in [-0.15, -0.1) is 0 Å². The molecule has 222 valence electrons. The Hall–Kier alpha value is -3.01. The minimum Gasteiger partial charge on any atom is -0.485 e. The average Bonchev–Trinajstić information content (AvgIpc) is 2.95. The molecule has 1 aliphatic heterocycles. The SMILES string of the molecule is C[C@H]1CN([C@@H](C)CO)C(=O)c2cccc(NC(=O)NC3CCCCC3)c2O[C@@H]1CN(C)C(=O)NC1CCCCC1. The van der Waals surface area contributed by atoms with Crippen LogP contribution >= 0.6 is 0 Å². The van der Waals surface area contributed by atoms with E-state index in [1.54, 1.807) is 35.0 Å². The Morgan fingerprint density at radius 2 is 1.68 bits per heavy atom. The van der Waals surface area contributed by atoms with Crippen molar-refractivity contribution in [2.75, 3.05) is 32.1 Å². The maximum Gasteiger partial charge on any atom is 0.319 e. The Balaban J connectivity index is 1.56. The van der Waals surface area contributed by atoms with Crippen molar-refractivity contribution < 1.29 is 24.2 Å². The van der Waals surface area contributed by atoms with E-state index in [4.69, 9.17) is 4.74 Å². The molecule has 0 unspecified atom stereocenters. The molecule has 2 fully saturated rings. The largest absolute Gasteiger partial charge is 0.485 e. The van der Waals surface area contributed by atoms with Crippen LogP contribution in [0, 0.1) is 5.92 Å². The van der Waals surface area contributed by atoms with E-state index in [0.717, 1.165) is 51.4 Å². The average molecular weight is 558 g/mol. The maximum atomic E-state index is 13.7. The molecule has 0 bridgehead atoms. The summed E-state index contributed by atoms with van der Waals surface area (Å²) in [5.41, 5.74) is 0.728. The Morgan fingerprint density at radius 3 is 2.30 bits per heavy atom. The van der Waals surface area contributed by atoms with Crippen LogP contribution in [-0.4, -0.2) is 83.8 Å². The molecule has 2 saturated carbocycles. The van der Waals surface area contributed by atoms with E-state index in [1.165, 1.54) is 12.8 Å². The number of aliphatic hydroxyl groups excluding tert-OH is 1. The lowest BCUT2D eigenvalue weighted by Gasteiger charge is -2.38. The number of hydrogen-bond donors (Lipinski definition) is 4. The van der Waals surface area contributed by atoms with Crippen LogP contribution in [-0.2, 0) is 0 Å². The third-order valence-corrected chi connectivity index (χ3v) is 8.61. The highest BCUT2D eigenvalue weighted by Gasteiger charge is 2.35. The zero-order valence-corrected chi connectivity index (χ0v) is 24.3. The van der Waals surface area contributed by atoms with Crippen LogP contribution in [0.15, 0.2) is 18.2 Å². The van der Waals surface area contributed by atoms with Gasteiger partial charge in [0.2, 0.25) is 0 Å². The second kappa shape index (κ2) is 14.1. The number of likely N-dealkylation sites (N-methyl/N-ethyl adjacent to an activating group) is 1. The zero-order valence-electron chi connectivity index (χ0n) is 24.3. The van der Waals surface area contributed by atoms with Crippen LogP contribution in [0.25, 0.3) is 0 Å². The predicted octanol–water partition coefficient (Wildman–Crippen LogP) is 4.34. The topological polar surface area (TPSA) is 123 Å². The van der Waals surface area contributed by atoms with E-state index in [2.05, 4.69) is 16.0 Å². The smallest absolute Gasteiger partial charge is 0.319 e. The molecule has 5 amide bonds. The van der Waals surface area contributed by atoms with Crippen LogP contribution in [0.2, 0.25) is 0 Å². The number of anilines is 1. The van der Waals surface area contributed by atoms with E-state index in [1.807, 2.05) is 13.8 Å². The van der Waals surface area contributed by atoms with E-state index < -0.39 is 12.1 Å². The summed E-state index contributed by atoms with van der Waals surface area (Å²) in [4.78, 5) is 43.0. The summed E-state index contributed by atoms with van der Waals surface area (Å²) in [6.07, 6.45) is 10.3. The standard InChI is InChI=1S/C30H47N5O5/c1-20-17-35(21(2)19-36)28(37)24-15-10-16-25(33-29(38)31-22-11-6-4-7-12-22)27(24)40-26(20)18-34(3)30(39)32-23-13-8-5-9-14-23/h10,15-16,20-23,26,36H,4-9,11-14,17-19H2,1-3H3,(H,32,39)(H2,31,33,38)/t20-,21-,26+/m0/s1. The highest BCUT2D eigenvalue weighted by molar-refractivity contribution is 6.01. The minimum atomic E-state index is -0.452. The molecule has 0 radical (unpaired) electrons. The number of aliphatic hydroxyl groups is 1. The molecular weight excluding hydrogens is 510 g/mol. The molecule has 2 aliphatic carbocycles. The van der Waals surface area contributed by atoms with Crippen molar-refractivity contribution in [3.63, 3.8) is 0 Å². The number of ether oxygens (including phenoxy) is 1. The zero-order chi connectivity index (χ0) is 28.6. The summed E-state index contributed by atoms with van der Waals surface area (Å²) < 4.78 is 6.54. The van der Waals surface area contributed by atoms with E-state index in [0.29, 0.717) is 30.1 Å². The first-order chi connectivity index (χ1) is 19.3. The number of nitrogens with zero attached hydrogens (tertiary/aromatic N) is 2. The summed E-state index contributed by atoms with van der Waals surface area (Å²) in [6, 6.07) is 4.60. The third kappa shape index (κ3) is 7.59. The fourth-order valence-corrected chi connectivity index (χ4v) is 6.03. The van der Waals surface area contributed by atoms with Gasteiger partial charge in [-0.2, -0.15) is 0 Å². The van der Waals surface area contributed by atoms with Crippen molar-refractivity contribution in [3.05, 3.63) is 23.8 Å². The van der Waals surface area contributed by atoms with Gasteiger partial charge in [-0.3, -0.25) is 4.79 Å². The third-order valence-electron chi connectivity index (χ3n) is 8.61. The Morgan fingerprint density at radius 1 is 1.05 bits per heavy atom. The molecule has 40 heavy (non-hydrogen) atoms. The first-order valence-corrected chi connectivity index (χ1v) is 15.1. The van der Waals surface area contributed by atoms with Crippen molar-refractivity contribution in [2.45, 2.75) is 102 Å². The number of benzene rings is 1. The monoisotopic (exact) mass is 557 g/mol. The predicted molar refractivity (Wildman–Crippen MR) is 155 cm³/mol. The van der Waals surface area contributed by atoms with Gasteiger partial charge in [-0.25, -0.2) is 9.59 Å². The lowest BCUT2D eigenvalue weighted by atomic mass is 9.95. The maximum absolute atomic E-state index is 13.7. The first-order valence-electron chi connectivity index (χ1n) is 15.1. The van der Waals surface area contributed by atoms with Crippen LogP contribution in [0.1, 0.15) is 88.4 Å². The second-order valence-electron chi connectivity index (χ2n) is 11.9. The first kappa shape index (κ1) is 30.0. The Kier molecular flexibility index (Phi) is 10.5. The Labute approximate surface area is 238 Å². The molecule has 0 spiro atoms. The number of nitrogens with one attached hydrogen (secondary N) is 3. The van der Waals surface area contributed by atoms with Crippen molar-refractivity contribution in [3.8, 4) is 5.75 Å². The van der Waals surface area contributed by atoms with E-state index >= 15 is 0 Å². The fraction of sp³-hybridized carbons (Fsp3) is 0.700. The fourth-order valence-electron chi connectivity index (χ4n) is 6.03. The summed E-state index contributed by atoms with van der Waals surface area (Å²) in [5.74, 6) is -0.124. The molecule has 1 heterocycles. The molecule has 10 heteroatoms. The molecule has 10 nitrogen and oxygen atoms in total. The molecule has 1 aromatic carbocycles. The van der Waals surface area contributed by atoms with Gasteiger partial charge in [-0.1, -0.05) is 51.5 Å². The molecular formula is C30H47N5O5. The van der Waals surface area contributed by atoms with E-state index in [9.17, 15) is 19.5 Å². The summed E-state index contributed by atoms with van der Waals surface area (Å²) >= 11 is 0. The molecule has 0 aromatic heterocycles. The van der Waals surface area contributed by atoms with Gasteiger partial charge < -0.3 is 35.6 Å². The number of rotatable bonds is 7. The summed E-state index contributed by atoms with van der Waals surface area (Å²) in [7, 11) is 1.76. The van der Waals surface area contributed by atoms with Gasteiger partial charge in [0.1, 0.15) is 6.10 Å². The van der Waals surface area contributed by atoms with Gasteiger partial charge in [-0.05, 0) is 44.7 Å². The van der Waals surface area contributed by atoms with Gasteiger partial charge in [0.15, 0.2) is 5.75 Å². The quantitative estimate of drug-likeness (QED) is 0.397. The second-order valence-corrected chi connectivity index (χ2v) is 11.9. The van der Waals surface area contributed by atoms with Crippen molar-refractivity contribution in [1.82, 2.24) is 20.4 Å². The normalized spacial score (nSPS) is 23.2.